The molecule has 7 rings (SSSR count). The van der Waals surface area contributed by atoms with Crippen molar-refractivity contribution in [2.45, 2.75) is 6.92 Å². The van der Waals surface area contributed by atoms with Gasteiger partial charge in [-0.25, -0.2) is 0 Å². The lowest BCUT2D eigenvalue weighted by molar-refractivity contribution is 0.669. The fourth-order valence-electron chi connectivity index (χ4n) is 5.27. The van der Waals surface area contributed by atoms with Crippen LogP contribution in [0, 0.1) is 6.92 Å². The fourth-order valence-corrected chi connectivity index (χ4v) is 5.27. The topological polar surface area (TPSA) is 13.1 Å². The van der Waals surface area contributed by atoms with E-state index in [2.05, 4.69) is 97.9 Å². The van der Waals surface area contributed by atoms with Crippen molar-refractivity contribution in [3.05, 3.63) is 109 Å². The molecule has 1 heterocycles. The Kier molecular flexibility index (Phi) is 3.54. The van der Waals surface area contributed by atoms with E-state index in [4.69, 9.17) is 4.42 Å². The van der Waals surface area contributed by atoms with Crippen molar-refractivity contribution in [3.8, 4) is 11.1 Å². The molecule has 0 bridgehead atoms. The molecular weight excluding hydrogens is 388 g/mol. The number of fused-ring (bicyclic) bond motifs is 9. The molecule has 32 heavy (non-hydrogen) atoms. The van der Waals surface area contributed by atoms with Crippen molar-refractivity contribution >= 4 is 54.3 Å². The number of hydrogen-bond acceptors (Lipinski definition) is 1. The molecule has 0 saturated heterocycles. The predicted molar refractivity (Wildman–Crippen MR) is 136 cm³/mol. The second kappa shape index (κ2) is 6.45. The zero-order valence-corrected chi connectivity index (χ0v) is 17.7. The highest BCUT2D eigenvalue weighted by Gasteiger charge is 2.12. The van der Waals surface area contributed by atoms with Crippen LogP contribution in [-0.2, 0) is 0 Å². The molecule has 0 atom stereocenters. The van der Waals surface area contributed by atoms with Crippen molar-refractivity contribution < 1.29 is 4.42 Å². The maximum atomic E-state index is 6.03. The number of hydrogen-bond donors (Lipinski definition) is 0. The molecule has 0 aliphatic heterocycles. The third kappa shape index (κ3) is 2.39. The molecule has 0 aliphatic rings. The summed E-state index contributed by atoms with van der Waals surface area (Å²) < 4.78 is 6.03. The van der Waals surface area contributed by atoms with Crippen molar-refractivity contribution in [2.24, 2.45) is 0 Å². The molecule has 150 valence electrons. The third-order valence-electron chi connectivity index (χ3n) is 6.78. The molecule has 0 radical (unpaired) electrons. The molecule has 1 heteroatoms. The van der Waals surface area contributed by atoms with Crippen LogP contribution in [0.5, 0.6) is 0 Å². The maximum absolute atomic E-state index is 6.03. The van der Waals surface area contributed by atoms with Gasteiger partial charge in [-0.15, -0.1) is 0 Å². The second-order valence-electron chi connectivity index (χ2n) is 8.61. The maximum Gasteiger partial charge on any atom is 0.135 e. The SMILES string of the molecule is Cc1cccc2c3ccc(-c4ccc5oc6ccccc6c5c4)cc3c3ccccc3c12. The summed E-state index contributed by atoms with van der Waals surface area (Å²) in [6.07, 6.45) is 0. The standard InChI is InChI=1S/C31H20O/c1-19-7-6-11-26-23-15-13-20(17-27(23)22-8-2-3-10-25(22)31(19)26)21-14-16-30-28(18-21)24-9-4-5-12-29(24)32-30/h2-18H,1H3. The van der Waals surface area contributed by atoms with Gasteiger partial charge in [0.15, 0.2) is 0 Å². The van der Waals surface area contributed by atoms with Crippen LogP contribution < -0.4 is 0 Å². The molecule has 0 fully saturated rings. The van der Waals surface area contributed by atoms with Crippen molar-refractivity contribution in [3.63, 3.8) is 0 Å². The average Bonchev–Trinajstić information content (AvgIpc) is 3.22. The number of aryl methyl sites for hydroxylation is 1. The van der Waals surface area contributed by atoms with E-state index in [1.165, 1.54) is 49.0 Å². The first-order valence-corrected chi connectivity index (χ1v) is 11.0. The molecule has 6 aromatic carbocycles. The van der Waals surface area contributed by atoms with Gasteiger partial charge in [-0.3, -0.25) is 0 Å². The molecule has 0 saturated carbocycles. The Morgan fingerprint density at radius 1 is 0.438 bits per heavy atom. The number of furan rings is 1. The van der Waals surface area contributed by atoms with Gasteiger partial charge < -0.3 is 4.42 Å². The second-order valence-corrected chi connectivity index (χ2v) is 8.61. The Morgan fingerprint density at radius 3 is 1.88 bits per heavy atom. The van der Waals surface area contributed by atoms with Gasteiger partial charge in [-0.1, -0.05) is 78.9 Å². The van der Waals surface area contributed by atoms with Crippen LogP contribution in [0.25, 0.3) is 65.4 Å². The molecule has 0 N–H and O–H groups in total. The van der Waals surface area contributed by atoms with Crippen LogP contribution >= 0.6 is 0 Å². The molecule has 7 aromatic rings. The van der Waals surface area contributed by atoms with E-state index in [-0.39, 0.29) is 0 Å². The van der Waals surface area contributed by atoms with Gasteiger partial charge in [0.1, 0.15) is 11.2 Å². The van der Waals surface area contributed by atoms with Crippen LogP contribution in [0.2, 0.25) is 0 Å². The van der Waals surface area contributed by atoms with Gasteiger partial charge in [0, 0.05) is 10.8 Å². The minimum atomic E-state index is 0.933. The molecule has 0 aliphatic carbocycles. The highest BCUT2D eigenvalue weighted by atomic mass is 16.3. The van der Waals surface area contributed by atoms with E-state index in [0.29, 0.717) is 0 Å². The van der Waals surface area contributed by atoms with Gasteiger partial charge in [-0.2, -0.15) is 0 Å². The third-order valence-corrected chi connectivity index (χ3v) is 6.78. The van der Waals surface area contributed by atoms with Crippen molar-refractivity contribution in [1.29, 1.82) is 0 Å². The van der Waals surface area contributed by atoms with Crippen LogP contribution in [0.1, 0.15) is 5.56 Å². The quantitative estimate of drug-likeness (QED) is 0.247. The molecule has 0 amide bonds. The van der Waals surface area contributed by atoms with Crippen LogP contribution in [0.15, 0.2) is 108 Å². The van der Waals surface area contributed by atoms with E-state index in [1.54, 1.807) is 0 Å². The summed E-state index contributed by atoms with van der Waals surface area (Å²) >= 11 is 0. The Hall–Kier alpha value is -4.10. The lowest BCUT2D eigenvalue weighted by Gasteiger charge is -2.13. The molecular formula is C31H20O. The molecule has 1 nitrogen and oxygen atoms in total. The summed E-state index contributed by atoms with van der Waals surface area (Å²) in [6, 6.07) is 37.1. The number of benzene rings is 6. The Morgan fingerprint density at radius 2 is 1.03 bits per heavy atom. The van der Waals surface area contributed by atoms with Crippen LogP contribution in [-0.4, -0.2) is 0 Å². The average molecular weight is 409 g/mol. The van der Waals surface area contributed by atoms with E-state index < -0.39 is 0 Å². The molecule has 0 unspecified atom stereocenters. The molecule has 1 aromatic heterocycles. The number of rotatable bonds is 1. The smallest absolute Gasteiger partial charge is 0.135 e. The largest absolute Gasteiger partial charge is 0.456 e. The summed E-state index contributed by atoms with van der Waals surface area (Å²) in [4.78, 5) is 0. The van der Waals surface area contributed by atoms with E-state index in [9.17, 15) is 0 Å². The minimum Gasteiger partial charge on any atom is -0.456 e. The van der Waals surface area contributed by atoms with Gasteiger partial charge in [0.2, 0.25) is 0 Å². The summed E-state index contributed by atoms with van der Waals surface area (Å²) in [5.41, 5.74) is 5.62. The molecule has 0 spiro atoms. The summed E-state index contributed by atoms with van der Waals surface area (Å²) in [7, 11) is 0. The van der Waals surface area contributed by atoms with Gasteiger partial charge in [0.25, 0.3) is 0 Å². The van der Waals surface area contributed by atoms with Gasteiger partial charge in [0.05, 0.1) is 0 Å². The fraction of sp³-hybridized carbons (Fsp3) is 0.0323. The lowest BCUT2D eigenvalue weighted by atomic mass is 9.90. The minimum absolute atomic E-state index is 0.933. The number of para-hydroxylation sites is 1. The Bertz CT molecular complexity index is 1810. The van der Waals surface area contributed by atoms with E-state index in [1.807, 2.05) is 12.1 Å². The Labute approximate surface area is 185 Å². The van der Waals surface area contributed by atoms with Crippen molar-refractivity contribution in [1.82, 2.24) is 0 Å². The van der Waals surface area contributed by atoms with Gasteiger partial charge >= 0.3 is 0 Å². The van der Waals surface area contributed by atoms with Crippen LogP contribution in [0.3, 0.4) is 0 Å². The first-order valence-electron chi connectivity index (χ1n) is 11.0. The highest BCUT2D eigenvalue weighted by molar-refractivity contribution is 6.26. The first kappa shape index (κ1) is 17.6. The summed E-state index contributed by atoms with van der Waals surface area (Å²) in [5.74, 6) is 0. The lowest BCUT2D eigenvalue weighted by Crippen LogP contribution is -1.87. The summed E-state index contributed by atoms with van der Waals surface area (Å²) in [6.45, 7) is 2.21. The summed E-state index contributed by atoms with van der Waals surface area (Å²) in [5, 5.41) is 10.2. The first-order chi connectivity index (χ1) is 15.8. The Balaban J connectivity index is 1.55. The zero-order chi connectivity index (χ0) is 21.2. The van der Waals surface area contributed by atoms with Gasteiger partial charge in [-0.05, 0) is 80.2 Å². The van der Waals surface area contributed by atoms with Crippen LogP contribution in [0.4, 0.5) is 0 Å². The predicted octanol–water partition coefficient (Wildman–Crippen LogP) is 9.02. The zero-order valence-electron chi connectivity index (χ0n) is 17.7. The monoisotopic (exact) mass is 408 g/mol. The van der Waals surface area contributed by atoms with E-state index in [0.717, 1.165) is 21.9 Å². The normalized spacial score (nSPS) is 11.9. The van der Waals surface area contributed by atoms with Crippen molar-refractivity contribution in [2.75, 3.05) is 0 Å². The van der Waals surface area contributed by atoms with E-state index >= 15 is 0 Å². The highest BCUT2D eigenvalue weighted by Crippen LogP contribution is 2.39.